The number of anilines is 2. The highest BCUT2D eigenvalue weighted by Crippen LogP contribution is 2.36. The van der Waals surface area contributed by atoms with Crippen molar-refractivity contribution < 1.29 is 27.5 Å². The third-order valence-electron chi connectivity index (χ3n) is 3.32. The van der Waals surface area contributed by atoms with Gasteiger partial charge in [-0.3, -0.25) is 4.79 Å². The Morgan fingerprint density at radius 3 is 2.35 bits per heavy atom. The zero-order valence-corrected chi connectivity index (χ0v) is 14.2. The topological polar surface area (TPSA) is 67.4 Å². The molecule has 26 heavy (non-hydrogen) atoms. The third-order valence-corrected chi connectivity index (χ3v) is 3.55. The van der Waals surface area contributed by atoms with E-state index in [1.54, 1.807) is 0 Å². The first-order valence-corrected chi connectivity index (χ1v) is 7.67. The lowest BCUT2D eigenvalue weighted by Gasteiger charge is -2.15. The molecular formula is C17H14ClF3N2O3. The van der Waals surface area contributed by atoms with Crippen LogP contribution in [0.3, 0.4) is 0 Å². The fraction of sp³-hybridized carbons (Fsp3) is 0.176. The van der Waals surface area contributed by atoms with Gasteiger partial charge in [-0.25, -0.2) is 4.79 Å². The molecule has 2 rings (SSSR count). The number of nitrogens with one attached hydrogen (secondary N) is 2. The van der Waals surface area contributed by atoms with Crippen molar-refractivity contribution in [1.29, 1.82) is 0 Å². The second-order valence-corrected chi connectivity index (χ2v) is 5.59. The molecule has 2 aromatic rings. The predicted octanol–water partition coefficient (Wildman–Crippen LogP) is 4.20. The number of methoxy groups -OCH3 is 1. The number of carbonyl (C=O) groups excluding carboxylic acids is 2. The number of hydrogen-bond donors (Lipinski definition) is 2. The van der Waals surface area contributed by atoms with Crippen molar-refractivity contribution in [3.05, 3.63) is 58.6 Å². The van der Waals surface area contributed by atoms with Gasteiger partial charge in [0.25, 0.3) is 0 Å². The molecule has 138 valence electrons. The van der Waals surface area contributed by atoms with Crippen molar-refractivity contribution in [2.24, 2.45) is 0 Å². The summed E-state index contributed by atoms with van der Waals surface area (Å²) in [6.07, 6.45) is -4.60. The van der Waals surface area contributed by atoms with E-state index in [0.29, 0.717) is 11.3 Å². The Labute approximate surface area is 152 Å². The zero-order valence-electron chi connectivity index (χ0n) is 13.5. The number of benzene rings is 2. The average molecular weight is 387 g/mol. The van der Waals surface area contributed by atoms with E-state index in [1.807, 2.05) is 0 Å². The standard InChI is InChI=1S/C17H14ClF3N2O3/c1-26-16(25)10-2-5-12(6-3-10)23-15(24)9-22-14-7-4-11(18)8-13(14)17(19,20)21/h2-8,22H,9H2,1H3,(H,23,24). The molecule has 0 aliphatic carbocycles. The summed E-state index contributed by atoms with van der Waals surface area (Å²) in [5.74, 6) is -1.08. The van der Waals surface area contributed by atoms with E-state index >= 15 is 0 Å². The van der Waals surface area contributed by atoms with Crippen LogP contribution >= 0.6 is 11.6 Å². The van der Waals surface area contributed by atoms with Gasteiger partial charge in [0.2, 0.25) is 5.91 Å². The van der Waals surface area contributed by atoms with Crippen LogP contribution in [0.2, 0.25) is 5.02 Å². The van der Waals surface area contributed by atoms with Crippen LogP contribution in [0.25, 0.3) is 0 Å². The molecule has 5 nitrogen and oxygen atoms in total. The first-order valence-electron chi connectivity index (χ1n) is 7.29. The monoisotopic (exact) mass is 386 g/mol. The molecule has 2 N–H and O–H groups in total. The SMILES string of the molecule is COC(=O)c1ccc(NC(=O)CNc2ccc(Cl)cc2C(F)(F)F)cc1. The van der Waals surface area contributed by atoms with Gasteiger partial charge in [0, 0.05) is 16.4 Å². The highest BCUT2D eigenvalue weighted by atomic mass is 35.5. The quantitative estimate of drug-likeness (QED) is 0.756. The van der Waals surface area contributed by atoms with E-state index in [1.165, 1.54) is 37.4 Å². The van der Waals surface area contributed by atoms with Crippen molar-refractivity contribution in [3.8, 4) is 0 Å². The largest absolute Gasteiger partial charge is 0.465 e. The van der Waals surface area contributed by atoms with Crippen molar-refractivity contribution in [3.63, 3.8) is 0 Å². The fourth-order valence-electron chi connectivity index (χ4n) is 2.09. The first kappa shape index (κ1) is 19.6. The average Bonchev–Trinajstić information content (AvgIpc) is 2.60. The van der Waals surface area contributed by atoms with Crippen LogP contribution in [0.5, 0.6) is 0 Å². The summed E-state index contributed by atoms with van der Waals surface area (Å²) in [5.41, 5.74) is -0.519. The molecule has 0 aromatic heterocycles. The number of rotatable bonds is 5. The Morgan fingerprint density at radius 2 is 1.77 bits per heavy atom. The maximum absolute atomic E-state index is 13.0. The van der Waals surface area contributed by atoms with Crippen molar-refractivity contribution >= 4 is 34.9 Å². The van der Waals surface area contributed by atoms with E-state index in [9.17, 15) is 22.8 Å². The van der Waals surface area contributed by atoms with Crippen LogP contribution in [-0.4, -0.2) is 25.5 Å². The number of halogens is 4. The second kappa shape index (κ2) is 8.09. The van der Waals surface area contributed by atoms with Gasteiger partial charge in [0.15, 0.2) is 0 Å². The Hall–Kier alpha value is -2.74. The molecule has 0 radical (unpaired) electrons. The summed E-state index contributed by atoms with van der Waals surface area (Å²) < 4.78 is 43.5. The van der Waals surface area contributed by atoms with Crippen LogP contribution in [0.4, 0.5) is 24.5 Å². The predicted molar refractivity (Wildman–Crippen MR) is 91.4 cm³/mol. The summed E-state index contributed by atoms with van der Waals surface area (Å²) in [5, 5.41) is 4.89. The summed E-state index contributed by atoms with van der Waals surface area (Å²) in [6, 6.07) is 9.10. The molecule has 0 fully saturated rings. The molecule has 0 aliphatic rings. The molecule has 0 atom stereocenters. The molecule has 0 spiro atoms. The third kappa shape index (κ3) is 5.13. The number of alkyl halides is 3. The van der Waals surface area contributed by atoms with Crippen molar-refractivity contribution in [2.75, 3.05) is 24.3 Å². The van der Waals surface area contributed by atoms with Gasteiger partial charge in [-0.1, -0.05) is 11.6 Å². The molecule has 9 heteroatoms. The van der Waals surface area contributed by atoms with E-state index in [2.05, 4.69) is 15.4 Å². The van der Waals surface area contributed by atoms with Crippen molar-refractivity contribution in [1.82, 2.24) is 0 Å². The first-order chi connectivity index (χ1) is 12.2. The summed E-state index contributed by atoms with van der Waals surface area (Å²) in [6.45, 7) is -0.385. The van der Waals surface area contributed by atoms with Crippen molar-refractivity contribution in [2.45, 2.75) is 6.18 Å². The van der Waals surface area contributed by atoms with Crippen LogP contribution in [-0.2, 0) is 15.7 Å². The minimum Gasteiger partial charge on any atom is -0.465 e. The number of amides is 1. The molecule has 0 aliphatic heterocycles. The molecule has 0 unspecified atom stereocenters. The minimum absolute atomic E-state index is 0.0574. The fourth-order valence-corrected chi connectivity index (χ4v) is 2.27. The molecule has 0 saturated carbocycles. The van der Waals surface area contributed by atoms with Gasteiger partial charge in [-0.2, -0.15) is 13.2 Å². The van der Waals surface area contributed by atoms with E-state index in [0.717, 1.165) is 12.1 Å². The van der Waals surface area contributed by atoms with Crippen LogP contribution in [0.1, 0.15) is 15.9 Å². The number of esters is 1. The molecule has 2 aromatic carbocycles. The lowest BCUT2D eigenvalue weighted by atomic mass is 10.1. The Bertz CT molecular complexity index is 808. The van der Waals surface area contributed by atoms with Gasteiger partial charge in [-0.15, -0.1) is 0 Å². The Kier molecular flexibility index (Phi) is 6.10. The second-order valence-electron chi connectivity index (χ2n) is 5.16. The summed E-state index contributed by atoms with van der Waals surface area (Å²) in [7, 11) is 1.25. The normalized spacial score (nSPS) is 11.0. The number of ether oxygens (including phenoxy) is 1. The zero-order chi connectivity index (χ0) is 19.3. The highest BCUT2D eigenvalue weighted by Gasteiger charge is 2.33. The van der Waals surface area contributed by atoms with Crippen LogP contribution in [0.15, 0.2) is 42.5 Å². The van der Waals surface area contributed by atoms with Gasteiger partial charge in [-0.05, 0) is 42.5 Å². The molecule has 1 amide bonds. The van der Waals surface area contributed by atoms with Crippen LogP contribution < -0.4 is 10.6 Å². The highest BCUT2D eigenvalue weighted by molar-refractivity contribution is 6.30. The molecule has 0 bridgehead atoms. The Balaban J connectivity index is 2.00. The van der Waals surface area contributed by atoms with Gasteiger partial charge >= 0.3 is 12.1 Å². The Morgan fingerprint density at radius 1 is 1.12 bits per heavy atom. The number of hydrogen-bond acceptors (Lipinski definition) is 4. The maximum atomic E-state index is 13.0. The lowest BCUT2D eigenvalue weighted by Crippen LogP contribution is -2.23. The number of carbonyl (C=O) groups is 2. The van der Waals surface area contributed by atoms with Gasteiger partial charge in [0.05, 0.1) is 24.8 Å². The van der Waals surface area contributed by atoms with Crippen LogP contribution in [0, 0.1) is 0 Å². The lowest BCUT2D eigenvalue weighted by molar-refractivity contribution is -0.137. The summed E-state index contributed by atoms with van der Waals surface area (Å²) >= 11 is 5.60. The maximum Gasteiger partial charge on any atom is 0.418 e. The van der Waals surface area contributed by atoms with E-state index in [4.69, 9.17) is 11.6 Å². The van der Waals surface area contributed by atoms with E-state index in [-0.39, 0.29) is 17.3 Å². The minimum atomic E-state index is -4.60. The molecular weight excluding hydrogens is 373 g/mol. The van der Waals surface area contributed by atoms with E-state index < -0.39 is 23.6 Å². The van der Waals surface area contributed by atoms with Gasteiger partial charge < -0.3 is 15.4 Å². The molecule has 0 saturated heterocycles. The summed E-state index contributed by atoms with van der Waals surface area (Å²) in [4.78, 5) is 23.2. The molecule has 0 heterocycles. The van der Waals surface area contributed by atoms with Gasteiger partial charge in [0.1, 0.15) is 0 Å². The smallest absolute Gasteiger partial charge is 0.418 e.